The SMILES string of the molecule is Cc1cc(C)c(S(=O)(=O)NCc2ncn(C)n2)c(C)c1N. The van der Waals surface area contributed by atoms with Crippen molar-refractivity contribution < 1.29 is 8.42 Å². The van der Waals surface area contributed by atoms with E-state index in [1.165, 1.54) is 11.0 Å². The van der Waals surface area contributed by atoms with Crippen molar-refractivity contribution in [1.82, 2.24) is 19.5 Å². The molecular weight excluding hydrogens is 290 g/mol. The molecule has 1 aromatic carbocycles. The van der Waals surface area contributed by atoms with E-state index in [4.69, 9.17) is 5.73 Å². The van der Waals surface area contributed by atoms with Crippen LogP contribution in [-0.4, -0.2) is 23.2 Å². The normalized spacial score (nSPS) is 11.8. The third-order valence-electron chi connectivity index (χ3n) is 3.30. The van der Waals surface area contributed by atoms with Crippen molar-refractivity contribution in [3.8, 4) is 0 Å². The number of benzene rings is 1. The first-order valence-corrected chi connectivity index (χ1v) is 7.91. The lowest BCUT2D eigenvalue weighted by Gasteiger charge is -2.15. The zero-order valence-electron chi connectivity index (χ0n) is 12.5. The van der Waals surface area contributed by atoms with Crippen molar-refractivity contribution in [3.05, 3.63) is 34.9 Å². The van der Waals surface area contributed by atoms with E-state index in [-0.39, 0.29) is 11.4 Å². The average Bonchev–Trinajstić information content (AvgIpc) is 2.79. The van der Waals surface area contributed by atoms with Crippen molar-refractivity contribution in [1.29, 1.82) is 0 Å². The van der Waals surface area contributed by atoms with Crippen LogP contribution in [0.3, 0.4) is 0 Å². The lowest BCUT2D eigenvalue weighted by molar-refractivity contribution is 0.577. The highest BCUT2D eigenvalue weighted by molar-refractivity contribution is 7.89. The van der Waals surface area contributed by atoms with Gasteiger partial charge in [-0.05, 0) is 37.5 Å². The molecule has 7 nitrogen and oxygen atoms in total. The molecule has 8 heteroatoms. The largest absolute Gasteiger partial charge is 0.398 e. The molecular formula is C13H19N5O2S. The molecule has 3 N–H and O–H groups in total. The molecule has 0 aliphatic carbocycles. The molecule has 21 heavy (non-hydrogen) atoms. The van der Waals surface area contributed by atoms with Gasteiger partial charge in [-0.3, -0.25) is 4.68 Å². The highest BCUT2D eigenvalue weighted by Gasteiger charge is 2.22. The average molecular weight is 309 g/mol. The van der Waals surface area contributed by atoms with Crippen LogP contribution in [0.5, 0.6) is 0 Å². The fourth-order valence-corrected chi connectivity index (χ4v) is 3.75. The van der Waals surface area contributed by atoms with Crippen LogP contribution in [0.2, 0.25) is 0 Å². The second kappa shape index (κ2) is 5.45. The number of hydrogen-bond donors (Lipinski definition) is 2. The Kier molecular flexibility index (Phi) is 4.02. The summed E-state index contributed by atoms with van der Waals surface area (Å²) in [5.74, 6) is 0.413. The van der Waals surface area contributed by atoms with Gasteiger partial charge in [0, 0.05) is 12.7 Å². The molecule has 0 saturated heterocycles. The summed E-state index contributed by atoms with van der Waals surface area (Å²) in [6.45, 7) is 5.36. The lowest BCUT2D eigenvalue weighted by atomic mass is 10.1. The number of nitrogens with zero attached hydrogens (tertiary/aromatic N) is 3. The zero-order chi connectivity index (χ0) is 15.8. The predicted molar refractivity (Wildman–Crippen MR) is 80.1 cm³/mol. The minimum atomic E-state index is -3.67. The van der Waals surface area contributed by atoms with Crippen LogP contribution in [0, 0.1) is 20.8 Å². The van der Waals surface area contributed by atoms with E-state index in [1.807, 2.05) is 6.92 Å². The highest BCUT2D eigenvalue weighted by atomic mass is 32.2. The van der Waals surface area contributed by atoms with Crippen LogP contribution in [0.15, 0.2) is 17.3 Å². The number of hydrogen-bond acceptors (Lipinski definition) is 5. The van der Waals surface area contributed by atoms with Crippen molar-refractivity contribution in [2.24, 2.45) is 7.05 Å². The molecule has 0 fully saturated rings. The lowest BCUT2D eigenvalue weighted by Crippen LogP contribution is -2.26. The van der Waals surface area contributed by atoms with Crippen LogP contribution >= 0.6 is 0 Å². The number of rotatable bonds is 4. The Hall–Kier alpha value is -1.93. The van der Waals surface area contributed by atoms with Crippen LogP contribution < -0.4 is 10.5 Å². The maximum atomic E-state index is 12.5. The summed E-state index contributed by atoms with van der Waals surface area (Å²) < 4.78 is 29.0. The molecule has 0 amide bonds. The Balaban J connectivity index is 2.34. The minimum Gasteiger partial charge on any atom is -0.398 e. The monoisotopic (exact) mass is 309 g/mol. The van der Waals surface area contributed by atoms with Gasteiger partial charge in [0.25, 0.3) is 0 Å². The van der Waals surface area contributed by atoms with Gasteiger partial charge in [-0.15, -0.1) is 0 Å². The maximum Gasteiger partial charge on any atom is 0.241 e. The molecule has 114 valence electrons. The molecule has 0 spiro atoms. The molecule has 2 rings (SSSR count). The summed E-state index contributed by atoms with van der Waals surface area (Å²) in [5.41, 5.74) is 8.54. The van der Waals surface area contributed by atoms with E-state index in [0.29, 0.717) is 22.6 Å². The summed E-state index contributed by atoms with van der Waals surface area (Å²) in [5, 5.41) is 4.04. The van der Waals surface area contributed by atoms with Crippen molar-refractivity contribution >= 4 is 15.7 Å². The quantitative estimate of drug-likeness (QED) is 0.813. The Morgan fingerprint density at radius 3 is 2.52 bits per heavy atom. The summed E-state index contributed by atoms with van der Waals surface area (Å²) in [6.07, 6.45) is 1.52. The smallest absolute Gasteiger partial charge is 0.241 e. The van der Waals surface area contributed by atoms with E-state index >= 15 is 0 Å². The van der Waals surface area contributed by atoms with Crippen LogP contribution in [0.25, 0.3) is 0 Å². The molecule has 0 radical (unpaired) electrons. The van der Waals surface area contributed by atoms with Gasteiger partial charge < -0.3 is 5.73 Å². The van der Waals surface area contributed by atoms with Crippen LogP contribution in [0.4, 0.5) is 5.69 Å². The fraction of sp³-hybridized carbons (Fsp3) is 0.385. The van der Waals surface area contributed by atoms with Gasteiger partial charge in [0.1, 0.15) is 6.33 Å². The van der Waals surface area contributed by atoms with E-state index in [0.717, 1.165) is 5.56 Å². The van der Waals surface area contributed by atoms with Crippen molar-refractivity contribution in [2.75, 3.05) is 5.73 Å². The van der Waals surface area contributed by atoms with Gasteiger partial charge in [-0.1, -0.05) is 6.07 Å². The molecule has 1 aromatic heterocycles. The Morgan fingerprint density at radius 1 is 1.29 bits per heavy atom. The first-order chi connectivity index (χ1) is 9.72. The first kappa shape index (κ1) is 15.5. The molecule has 0 saturated carbocycles. The Labute approximate surface area is 124 Å². The number of anilines is 1. The molecule has 0 unspecified atom stereocenters. The first-order valence-electron chi connectivity index (χ1n) is 6.43. The van der Waals surface area contributed by atoms with Crippen LogP contribution in [-0.2, 0) is 23.6 Å². The number of sulfonamides is 1. The zero-order valence-corrected chi connectivity index (χ0v) is 13.3. The number of aromatic nitrogens is 3. The van der Waals surface area contributed by atoms with Gasteiger partial charge in [0.15, 0.2) is 5.82 Å². The van der Waals surface area contributed by atoms with Crippen molar-refractivity contribution in [2.45, 2.75) is 32.2 Å². The molecule has 0 aliphatic heterocycles. The van der Waals surface area contributed by atoms with Gasteiger partial charge in [0.2, 0.25) is 10.0 Å². The number of aryl methyl sites for hydroxylation is 3. The van der Waals surface area contributed by atoms with Gasteiger partial charge in [-0.25, -0.2) is 18.1 Å². The summed E-state index contributed by atoms with van der Waals surface area (Å²) in [7, 11) is -1.95. The Bertz CT molecular complexity index is 780. The third-order valence-corrected chi connectivity index (χ3v) is 4.99. The van der Waals surface area contributed by atoms with Gasteiger partial charge >= 0.3 is 0 Å². The summed E-state index contributed by atoms with van der Waals surface area (Å²) >= 11 is 0. The predicted octanol–water partition coefficient (Wildman–Crippen LogP) is 0.801. The number of nitrogen functional groups attached to an aromatic ring is 1. The molecule has 0 bridgehead atoms. The third kappa shape index (κ3) is 3.06. The van der Waals surface area contributed by atoms with E-state index in [9.17, 15) is 8.42 Å². The molecule has 1 heterocycles. The highest BCUT2D eigenvalue weighted by Crippen LogP contribution is 2.27. The maximum absolute atomic E-state index is 12.5. The van der Waals surface area contributed by atoms with E-state index < -0.39 is 10.0 Å². The van der Waals surface area contributed by atoms with Gasteiger partial charge in [-0.2, -0.15) is 5.10 Å². The number of nitrogens with two attached hydrogens (primary N) is 1. The Morgan fingerprint density at radius 2 is 1.95 bits per heavy atom. The number of nitrogens with one attached hydrogen (secondary N) is 1. The second-order valence-electron chi connectivity index (χ2n) is 5.04. The van der Waals surface area contributed by atoms with Crippen LogP contribution in [0.1, 0.15) is 22.5 Å². The van der Waals surface area contributed by atoms with E-state index in [2.05, 4.69) is 14.8 Å². The summed E-state index contributed by atoms with van der Waals surface area (Å²) in [4.78, 5) is 4.21. The topological polar surface area (TPSA) is 103 Å². The standard InChI is InChI=1S/C13H19N5O2S/c1-8-5-9(2)13(10(3)12(8)14)21(19,20)16-6-11-15-7-18(4)17-11/h5,7,16H,6,14H2,1-4H3. The second-order valence-corrected chi connectivity index (χ2v) is 6.74. The van der Waals surface area contributed by atoms with E-state index in [1.54, 1.807) is 27.0 Å². The molecule has 0 atom stereocenters. The minimum absolute atomic E-state index is 0.0375. The van der Waals surface area contributed by atoms with Gasteiger partial charge in [0.05, 0.1) is 11.4 Å². The summed E-state index contributed by atoms with van der Waals surface area (Å²) in [6, 6.07) is 1.77. The fourth-order valence-electron chi connectivity index (χ4n) is 2.29. The molecule has 0 aliphatic rings. The van der Waals surface area contributed by atoms with Crippen molar-refractivity contribution in [3.63, 3.8) is 0 Å². The molecule has 2 aromatic rings.